The van der Waals surface area contributed by atoms with Gasteiger partial charge in [0.1, 0.15) is 0 Å². The van der Waals surface area contributed by atoms with E-state index in [0.29, 0.717) is 0 Å². The third-order valence-electron chi connectivity index (χ3n) is 3.46. The van der Waals surface area contributed by atoms with Crippen molar-refractivity contribution in [2.45, 2.75) is 12.8 Å². The summed E-state index contributed by atoms with van der Waals surface area (Å²) in [7, 11) is 0. The maximum atomic E-state index is 5.46. The monoisotopic (exact) mass is 124 g/mol. The van der Waals surface area contributed by atoms with Gasteiger partial charge in [-0.1, -0.05) is 0 Å². The van der Waals surface area contributed by atoms with E-state index in [4.69, 9.17) is 4.74 Å². The number of rotatable bonds is 0. The normalized spacial score (nSPS) is 61.3. The van der Waals surface area contributed by atoms with Gasteiger partial charge in [-0.3, -0.25) is 0 Å². The minimum Gasteiger partial charge on any atom is -0.381 e. The van der Waals surface area contributed by atoms with Crippen LogP contribution in [0.5, 0.6) is 0 Å². The van der Waals surface area contributed by atoms with Gasteiger partial charge in [-0.2, -0.15) is 0 Å². The average molecular weight is 124 g/mol. The maximum Gasteiger partial charge on any atom is 0.0500 e. The Morgan fingerprint density at radius 2 is 2.00 bits per heavy atom. The van der Waals surface area contributed by atoms with Crippen LogP contribution in [0.25, 0.3) is 0 Å². The van der Waals surface area contributed by atoms with Crippen LogP contribution in [0.15, 0.2) is 0 Å². The highest BCUT2D eigenvalue weighted by Gasteiger charge is 2.59. The first-order valence-electron chi connectivity index (χ1n) is 4.04. The molecule has 1 aliphatic heterocycles. The summed E-state index contributed by atoms with van der Waals surface area (Å²) >= 11 is 0. The fourth-order valence-electron chi connectivity index (χ4n) is 2.96. The second-order valence-corrected chi connectivity index (χ2v) is 3.78. The molecule has 0 bridgehead atoms. The first kappa shape index (κ1) is 4.73. The van der Waals surface area contributed by atoms with E-state index in [1.54, 1.807) is 0 Å². The molecular weight excluding hydrogens is 112 g/mol. The molecule has 0 aromatic rings. The van der Waals surface area contributed by atoms with Gasteiger partial charge in [0.15, 0.2) is 0 Å². The highest BCUT2D eigenvalue weighted by Crippen LogP contribution is 2.62. The van der Waals surface area contributed by atoms with Crippen molar-refractivity contribution in [3.05, 3.63) is 0 Å². The van der Waals surface area contributed by atoms with Crippen LogP contribution in [0, 0.1) is 23.7 Å². The zero-order chi connectivity index (χ0) is 5.84. The Kier molecular flexibility index (Phi) is 0.704. The van der Waals surface area contributed by atoms with E-state index in [-0.39, 0.29) is 0 Å². The molecule has 3 fully saturated rings. The summed E-state index contributed by atoms with van der Waals surface area (Å²) in [4.78, 5) is 0. The van der Waals surface area contributed by atoms with E-state index in [1.807, 2.05) is 0 Å². The first-order valence-corrected chi connectivity index (χ1v) is 4.04. The summed E-state index contributed by atoms with van der Waals surface area (Å²) in [6, 6.07) is 0. The van der Waals surface area contributed by atoms with Gasteiger partial charge in [-0.25, -0.2) is 0 Å². The molecule has 3 rings (SSSR count). The second-order valence-electron chi connectivity index (χ2n) is 3.78. The van der Waals surface area contributed by atoms with E-state index < -0.39 is 0 Å². The third-order valence-corrected chi connectivity index (χ3v) is 3.46. The smallest absolute Gasteiger partial charge is 0.0500 e. The number of hydrogen-bond acceptors (Lipinski definition) is 1. The molecule has 0 aromatic carbocycles. The Balaban J connectivity index is 1.90. The van der Waals surface area contributed by atoms with Crippen molar-refractivity contribution >= 4 is 0 Å². The van der Waals surface area contributed by atoms with Crippen LogP contribution >= 0.6 is 0 Å². The summed E-state index contributed by atoms with van der Waals surface area (Å²) in [5, 5.41) is 0. The molecule has 2 saturated carbocycles. The van der Waals surface area contributed by atoms with Crippen molar-refractivity contribution < 1.29 is 4.74 Å². The van der Waals surface area contributed by atoms with Crippen LogP contribution in [-0.2, 0) is 4.74 Å². The Morgan fingerprint density at radius 3 is 2.78 bits per heavy atom. The van der Waals surface area contributed by atoms with E-state index in [1.165, 1.54) is 12.8 Å². The Bertz CT molecular complexity index is 136. The van der Waals surface area contributed by atoms with E-state index >= 15 is 0 Å². The lowest BCUT2D eigenvalue weighted by molar-refractivity contribution is 0.0418. The van der Waals surface area contributed by atoms with E-state index in [2.05, 4.69) is 0 Å². The van der Waals surface area contributed by atoms with Gasteiger partial charge in [-0.15, -0.1) is 0 Å². The summed E-state index contributed by atoms with van der Waals surface area (Å²) < 4.78 is 5.46. The highest BCUT2D eigenvalue weighted by molar-refractivity contribution is 5.06. The zero-order valence-corrected chi connectivity index (χ0v) is 5.55. The maximum absolute atomic E-state index is 5.46. The van der Waals surface area contributed by atoms with Crippen LogP contribution < -0.4 is 0 Å². The van der Waals surface area contributed by atoms with Crippen LogP contribution in [-0.4, -0.2) is 13.2 Å². The average Bonchev–Trinajstić information content (AvgIpc) is 2.35. The SMILES string of the molecule is C1CC2C3COCC1C23. The van der Waals surface area contributed by atoms with Crippen LogP contribution in [0.2, 0.25) is 0 Å². The number of hydrogen-bond donors (Lipinski definition) is 0. The Labute approximate surface area is 55.4 Å². The lowest BCUT2D eigenvalue weighted by Gasteiger charge is -2.19. The molecule has 2 aliphatic carbocycles. The molecule has 0 aromatic heterocycles. The van der Waals surface area contributed by atoms with Crippen LogP contribution in [0.1, 0.15) is 12.8 Å². The fraction of sp³-hybridized carbons (Fsp3) is 1.00. The molecule has 4 atom stereocenters. The van der Waals surface area contributed by atoms with Gasteiger partial charge in [0.05, 0.1) is 0 Å². The summed E-state index contributed by atoms with van der Waals surface area (Å²) in [5.74, 6) is 4.22. The van der Waals surface area contributed by atoms with Gasteiger partial charge in [0.2, 0.25) is 0 Å². The number of ether oxygens (including phenoxy) is 1. The van der Waals surface area contributed by atoms with Crippen molar-refractivity contribution in [1.29, 1.82) is 0 Å². The van der Waals surface area contributed by atoms with Gasteiger partial charge < -0.3 is 4.74 Å². The predicted molar refractivity (Wildman–Crippen MR) is 34.0 cm³/mol. The Hall–Kier alpha value is -0.0400. The van der Waals surface area contributed by atoms with Crippen molar-refractivity contribution in [2.75, 3.05) is 13.2 Å². The molecule has 4 unspecified atom stereocenters. The molecule has 1 heterocycles. The fourth-order valence-corrected chi connectivity index (χ4v) is 2.96. The molecule has 0 spiro atoms. The van der Waals surface area contributed by atoms with Gasteiger partial charge in [0, 0.05) is 13.2 Å². The molecule has 1 nitrogen and oxygen atoms in total. The molecular formula is C8H12O. The third kappa shape index (κ3) is 0.454. The molecule has 1 saturated heterocycles. The molecule has 50 valence electrons. The molecule has 0 N–H and O–H groups in total. The topological polar surface area (TPSA) is 9.23 Å². The summed E-state index contributed by atoms with van der Waals surface area (Å²) in [5.41, 5.74) is 0. The number of fused-ring (bicyclic) bond motifs is 1. The van der Waals surface area contributed by atoms with Crippen molar-refractivity contribution in [1.82, 2.24) is 0 Å². The van der Waals surface area contributed by atoms with Crippen LogP contribution in [0.4, 0.5) is 0 Å². The minimum atomic E-state index is 0.980. The molecule has 3 aliphatic rings. The largest absolute Gasteiger partial charge is 0.381 e. The van der Waals surface area contributed by atoms with Crippen molar-refractivity contribution in [2.24, 2.45) is 23.7 Å². The zero-order valence-electron chi connectivity index (χ0n) is 5.55. The lowest BCUT2D eigenvalue weighted by Crippen LogP contribution is -2.19. The standard InChI is InChI=1S/C8H12O/c1-2-6-7-4-9-3-5(1)8(6)7/h5-8H,1-4H2. The van der Waals surface area contributed by atoms with E-state index in [0.717, 1.165) is 36.9 Å². The van der Waals surface area contributed by atoms with Crippen LogP contribution in [0.3, 0.4) is 0 Å². The lowest BCUT2D eigenvalue weighted by atomic mass is 9.99. The van der Waals surface area contributed by atoms with Gasteiger partial charge in [-0.05, 0) is 36.5 Å². The van der Waals surface area contributed by atoms with Gasteiger partial charge in [0.25, 0.3) is 0 Å². The van der Waals surface area contributed by atoms with E-state index in [9.17, 15) is 0 Å². The second kappa shape index (κ2) is 1.34. The predicted octanol–water partition coefficient (Wildman–Crippen LogP) is 1.29. The molecule has 9 heavy (non-hydrogen) atoms. The summed E-state index contributed by atoms with van der Waals surface area (Å²) in [6.07, 6.45) is 2.98. The van der Waals surface area contributed by atoms with Crippen molar-refractivity contribution in [3.63, 3.8) is 0 Å². The molecule has 1 heteroatoms. The van der Waals surface area contributed by atoms with Crippen molar-refractivity contribution in [3.8, 4) is 0 Å². The first-order chi connectivity index (χ1) is 4.47. The van der Waals surface area contributed by atoms with Gasteiger partial charge >= 0.3 is 0 Å². The summed E-state index contributed by atoms with van der Waals surface area (Å²) in [6.45, 7) is 2.17. The highest BCUT2D eigenvalue weighted by atomic mass is 16.5. The Morgan fingerprint density at radius 1 is 1.00 bits per heavy atom. The molecule has 0 amide bonds. The molecule has 0 radical (unpaired) electrons. The minimum absolute atomic E-state index is 0.980. The quantitative estimate of drug-likeness (QED) is 0.473.